The summed E-state index contributed by atoms with van der Waals surface area (Å²) in [5.41, 5.74) is 14.7. The molecule has 4 aliphatic carbocycles. The first-order valence-corrected chi connectivity index (χ1v) is 11.8. The lowest BCUT2D eigenvalue weighted by molar-refractivity contribution is -0.00599. The van der Waals surface area contributed by atoms with Crippen LogP contribution in [0, 0.1) is 17.8 Å². The molecule has 0 amide bonds. The SMILES string of the molecule is Nc1ccc(Oc2ccc(C34CC5CC(CC(C5)C3)C4)c(Oc3ccc(N)cc3)c2)cc1. The molecule has 0 spiro atoms. The van der Waals surface area contributed by atoms with Crippen molar-refractivity contribution in [1.29, 1.82) is 0 Å². The molecule has 4 aliphatic rings. The molecule has 4 N–H and O–H groups in total. The van der Waals surface area contributed by atoms with Crippen molar-refractivity contribution in [3.05, 3.63) is 72.3 Å². The number of benzene rings is 3. The van der Waals surface area contributed by atoms with Gasteiger partial charge in [0.2, 0.25) is 0 Å². The fraction of sp³-hybridized carbons (Fsp3) is 0.357. The molecule has 0 atom stereocenters. The maximum absolute atomic E-state index is 6.50. The van der Waals surface area contributed by atoms with Crippen molar-refractivity contribution in [1.82, 2.24) is 0 Å². The predicted octanol–water partition coefficient (Wildman–Crippen LogP) is 6.90. The van der Waals surface area contributed by atoms with Gasteiger partial charge in [-0.1, -0.05) is 6.07 Å². The molecule has 4 saturated carbocycles. The van der Waals surface area contributed by atoms with Gasteiger partial charge in [0.1, 0.15) is 23.0 Å². The smallest absolute Gasteiger partial charge is 0.134 e. The van der Waals surface area contributed by atoms with Gasteiger partial charge >= 0.3 is 0 Å². The largest absolute Gasteiger partial charge is 0.457 e. The summed E-state index contributed by atoms with van der Waals surface area (Å²) in [5, 5.41) is 0. The van der Waals surface area contributed by atoms with Gasteiger partial charge in [0, 0.05) is 23.0 Å². The topological polar surface area (TPSA) is 70.5 Å². The quantitative estimate of drug-likeness (QED) is 0.435. The molecule has 0 unspecified atom stereocenters. The van der Waals surface area contributed by atoms with Crippen molar-refractivity contribution in [2.24, 2.45) is 17.8 Å². The highest BCUT2D eigenvalue weighted by molar-refractivity contribution is 5.51. The van der Waals surface area contributed by atoms with Crippen molar-refractivity contribution in [3.8, 4) is 23.0 Å². The molecule has 164 valence electrons. The summed E-state index contributed by atoms with van der Waals surface area (Å²) >= 11 is 0. The standard InChI is InChI=1S/C28H30N2O2/c29-21-1-5-23(6-2-21)31-25-9-10-26(27(14-25)32-24-7-3-22(30)4-8-24)28-15-18-11-19(16-28)13-20(12-18)17-28/h1-10,14,18-20H,11-13,15-17,29-30H2. The number of rotatable bonds is 5. The van der Waals surface area contributed by atoms with Crippen molar-refractivity contribution in [2.75, 3.05) is 11.5 Å². The van der Waals surface area contributed by atoms with Crippen molar-refractivity contribution in [3.63, 3.8) is 0 Å². The minimum atomic E-state index is 0.234. The van der Waals surface area contributed by atoms with Gasteiger partial charge in [-0.05, 0) is 116 Å². The fourth-order valence-corrected chi connectivity index (χ4v) is 6.86. The number of anilines is 2. The Hall–Kier alpha value is -3.14. The van der Waals surface area contributed by atoms with E-state index >= 15 is 0 Å². The van der Waals surface area contributed by atoms with E-state index < -0.39 is 0 Å². The molecule has 7 rings (SSSR count). The van der Waals surface area contributed by atoms with Crippen LogP contribution in [0.25, 0.3) is 0 Å². The molecule has 3 aromatic carbocycles. The molecule has 32 heavy (non-hydrogen) atoms. The Kier molecular flexibility index (Phi) is 4.56. The number of nitrogen functional groups attached to an aromatic ring is 2. The predicted molar refractivity (Wildman–Crippen MR) is 128 cm³/mol. The lowest BCUT2D eigenvalue weighted by atomic mass is 9.48. The number of hydrogen-bond acceptors (Lipinski definition) is 4. The summed E-state index contributed by atoms with van der Waals surface area (Å²) in [4.78, 5) is 0. The van der Waals surface area contributed by atoms with Crippen molar-refractivity contribution >= 4 is 11.4 Å². The Balaban J connectivity index is 1.38. The second kappa shape index (κ2) is 7.47. The first-order chi connectivity index (χ1) is 15.5. The Morgan fingerprint density at radius 3 is 1.59 bits per heavy atom. The molecular formula is C28H30N2O2. The lowest BCUT2D eigenvalue weighted by Gasteiger charge is -2.57. The van der Waals surface area contributed by atoms with E-state index in [2.05, 4.69) is 18.2 Å². The van der Waals surface area contributed by atoms with Crippen LogP contribution in [0.2, 0.25) is 0 Å². The van der Waals surface area contributed by atoms with Gasteiger partial charge in [-0.3, -0.25) is 0 Å². The average molecular weight is 427 g/mol. The van der Waals surface area contributed by atoms with Crippen LogP contribution in [0.3, 0.4) is 0 Å². The Bertz CT molecular complexity index is 1090. The zero-order chi connectivity index (χ0) is 21.7. The molecule has 4 fully saturated rings. The molecule has 0 aliphatic heterocycles. The molecule has 4 heteroatoms. The minimum Gasteiger partial charge on any atom is -0.457 e. The highest BCUT2D eigenvalue weighted by atomic mass is 16.5. The maximum Gasteiger partial charge on any atom is 0.134 e. The zero-order valence-electron chi connectivity index (χ0n) is 18.3. The summed E-state index contributed by atoms with van der Waals surface area (Å²) in [6.07, 6.45) is 8.13. The van der Waals surface area contributed by atoms with E-state index in [9.17, 15) is 0 Å². The third kappa shape index (κ3) is 3.58. The third-order valence-electron chi connectivity index (χ3n) is 7.79. The van der Waals surface area contributed by atoms with Crippen molar-refractivity contribution < 1.29 is 9.47 Å². The van der Waals surface area contributed by atoms with Gasteiger partial charge in [-0.2, -0.15) is 0 Å². The zero-order valence-corrected chi connectivity index (χ0v) is 18.3. The fourth-order valence-electron chi connectivity index (χ4n) is 6.86. The molecular weight excluding hydrogens is 396 g/mol. The van der Waals surface area contributed by atoms with Gasteiger partial charge in [0.05, 0.1) is 0 Å². The monoisotopic (exact) mass is 426 g/mol. The molecule has 4 nitrogen and oxygen atoms in total. The van der Waals surface area contributed by atoms with E-state index in [-0.39, 0.29) is 5.41 Å². The van der Waals surface area contributed by atoms with Gasteiger partial charge in [-0.15, -0.1) is 0 Å². The van der Waals surface area contributed by atoms with Gasteiger partial charge < -0.3 is 20.9 Å². The molecule has 0 heterocycles. The molecule has 0 aromatic heterocycles. The maximum atomic E-state index is 6.50. The summed E-state index contributed by atoms with van der Waals surface area (Å²) < 4.78 is 12.6. The highest BCUT2D eigenvalue weighted by Crippen LogP contribution is 2.62. The summed E-state index contributed by atoms with van der Waals surface area (Å²) in [6.45, 7) is 0. The molecule has 0 saturated heterocycles. The van der Waals surface area contributed by atoms with Crippen LogP contribution in [0.4, 0.5) is 11.4 Å². The first-order valence-electron chi connectivity index (χ1n) is 11.8. The summed E-state index contributed by atoms with van der Waals surface area (Å²) in [6, 6.07) is 21.5. The number of nitrogens with two attached hydrogens (primary N) is 2. The van der Waals surface area contributed by atoms with Crippen LogP contribution < -0.4 is 20.9 Å². The Labute approximate surface area is 189 Å². The molecule has 0 radical (unpaired) electrons. The van der Waals surface area contributed by atoms with Crippen LogP contribution in [0.15, 0.2) is 66.7 Å². The number of hydrogen-bond donors (Lipinski definition) is 2. The second-order valence-corrected chi connectivity index (χ2v) is 10.2. The van der Waals surface area contributed by atoms with Gasteiger partial charge in [-0.25, -0.2) is 0 Å². The van der Waals surface area contributed by atoms with Crippen molar-refractivity contribution in [2.45, 2.75) is 43.9 Å². The number of ether oxygens (including phenoxy) is 2. The molecule has 3 aromatic rings. The average Bonchev–Trinajstić information content (AvgIpc) is 2.76. The van der Waals surface area contributed by atoms with E-state index in [1.54, 1.807) is 0 Å². The van der Waals surface area contributed by atoms with Crippen LogP contribution in [-0.2, 0) is 5.41 Å². The van der Waals surface area contributed by atoms with Gasteiger partial charge in [0.25, 0.3) is 0 Å². The van der Waals surface area contributed by atoms with Crippen LogP contribution in [0.1, 0.15) is 44.1 Å². The normalized spacial score (nSPS) is 27.9. The van der Waals surface area contributed by atoms with Crippen LogP contribution in [-0.4, -0.2) is 0 Å². The van der Waals surface area contributed by atoms with E-state index in [1.807, 2.05) is 48.5 Å². The second-order valence-electron chi connectivity index (χ2n) is 10.2. The summed E-state index contributed by atoms with van der Waals surface area (Å²) in [7, 11) is 0. The Morgan fingerprint density at radius 2 is 1.06 bits per heavy atom. The van der Waals surface area contributed by atoms with Crippen LogP contribution >= 0.6 is 0 Å². The minimum absolute atomic E-state index is 0.234. The van der Waals surface area contributed by atoms with Gasteiger partial charge in [0.15, 0.2) is 0 Å². The third-order valence-corrected chi connectivity index (χ3v) is 7.79. The molecule has 4 bridgehead atoms. The van der Waals surface area contributed by atoms with E-state index in [4.69, 9.17) is 20.9 Å². The van der Waals surface area contributed by atoms with E-state index in [1.165, 1.54) is 44.1 Å². The van der Waals surface area contributed by atoms with Crippen LogP contribution in [0.5, 0.6) is 23.0 Å². The highest BCUT2D eigenvalue weighted by Gasteiger charge is 2.52. The lowest BCUT2D eigenvalue weighted by Crippen LogP contribution is -2.48. The summed E-state index contributed by atoms with van der Waals surface area (Å²) in [5.74, 6) is 5.86. The Morgan fingerprint density at radius 1 is 0.594 bits per heavy atom. The van der Waals surface area contributed by atoms with E-state index in [0.29, 0.717) is 0 Å². The first kappa shape index (κ1) is 19.5. The van der Waals surface area contributed by atoms with E-state index in [0.717, 1.165) is 52.1 Å².